The number of aromatic nitrogens is 2. The third-order valence-electron chi connectivity index (χ3n) is 4.37. The number of nitrogens with zero attached hydrogens (tertiary/aromatic N) is 3. The minimum absolute atomic E-state index is 0.199. The quantitative estimate of drug-likeness (QED) is 0.672. The lowest BCUT2D eigenvalue weighted by Crippen LogP contribution is -2.56. The lowest BCUT2D eigenvalue weighted by Gasteiger charge is -2.44. The van der Waals surface area contributed by atoms with Crippen LogP contribution in [0.25, 0.3) is 0 Å². The first-order valence-electron chi connectivity index (χ1n) is 7.55. The Morgan fingerprint density at radius 3 is 2.81 bits per heavy atom. The fourth-order valence-electron chi connectivity index (χ4n) is 3.62. The molecule has 2 unspecified atom stereocenters. The van der Waals surface area contributed by atoms with E-state index in [0.717, 1.165) is 35.7 Å². The van der Waals surface area contributed by atoms with E-state index in [1.54, 1.807) is 0 Å². The minimum atomic E-state index is -0.465. The third kappa shape index (κ3) is 2.66. The summed E-state index contributed by atoms with van der Waals surface area (Å²) in [4.78, 5) is 14.7. The number of carbonyl (C=O) groups is 1. The van der Waals surface area contributed by atoms with Crippen LogP contribution in [0.4, 0.5) is 4.79 Å². The van der Waals surface area contributed by atoms with Crippen molar-refractivity contribution < 1.29 is 9.53 Å². The third-order valence-corrected chi connectivity index (χ3v) is 4.93. The molecule has 2 aliphatic rings. The molecule has 1 amide bonds. The Bertz CT molecular complexity index is 547. The number of rotatable bonds is 1. The summed E-state index contributed by atoms with van der Waals surface area (Å²) in [5.41, 5.74) is -0.789. The molecule has 0 aliphatic carbocycles. The summed E-state index contributed by atoms with van der Waals surface area (Å²) in [6.07, 6.45) is 8.86. The van der Waals surface area contributed by atoms with E-state index in [0.29, 0.717) is 0 Å². The summed E-state index contributed by atoms with van der Waals surface area (Å²) in [5, 5.41) is 4.50. The highest BCUT2D eigenvalue weighted by molar-refractivity contribution is 14.1. The van der Waals surface area contributed by atoms with Crippen molar-refractivity contribution in [1.82, 2.24) is 14.7 Å². The highest BCUT2D eigenvalue weighted by Gasteiger charge is 2.54. The van der Waals surface area contributed by atoms with Gasteiger partial charge in [0.05, 0.1) is 9.77 Å². The second-order valence-corrected chi connectivity index (χ2v) is 8.27. The van der Waals surface area contributed by atoms with E-state index in [2.05, 4.69) is 27.7 Å². The maximum Gasteiger partial charge on any atom is 0.412 e. The maximum atomic E-state index is 12.7. The fraction of sp³-hybridized carbons (Fsp3) is 0.733. The van der Waals surface area contributed by atoms with Gasteiger partial charge >= 0.3 is 6.09 Å². The van der Waals surface area contributed by atoms with Crippen LogP contribution in [-0.2, 0) is 10.4 Å². The van der Waals surface area contributed by atoms with Gasteiger partial charge in [0, 0.05) is 12.2 Å². The Morgan fingerprint density at radius 1 is 1.43 bits per heavy atom. The van der Waals surface area contributed by atoms with Crippen molar-refractivity contribution in [3.63, 3.8) is 0 Å². The molecular weight excluding hydrogens is 381 g/mol. The maximum absolute atomic E-state index is 12.7. The van der Waals surface area contributed by atoms with Crippen molar-refractivity contribution in [2.75, 3.05) is 0 Å². The molecule has 2 aliphatic heterocycles. The van der Waals surface area contributed by atoms with Crippen molar-refractivity contribution in [3.8, 4) is 0 Å². The molecular formula is C15H22IN3O2. The molecule has 0 N–H and O–H groups in total. The lowest BCUT2D eigenvalue weighted by molar-refractivity contribution is -0.0444. The summed E-state index contributed by atoms with van der Waals surface area (Å²) in [5.74, 6) is 0. The zero-order valence-corrected chi connectivity index (χ0v) is 15.0. The van der Waals surface area contributed by atoms with Gasteiger partial charge in [0.25, 0.3) is 0 Å². The van der Waals surface area contributed by atoms with E-state index < -0.39 is 5.60 Å². The van der Waals surface area contributed by atoms with Crippen LogP contribution in [0.5, 0.6) is 0 Å². The van der Waals surface area contributed by atoms with Gasteiger partial charge in [-0.2, -0.15) is 5.10 Å². The summed E-state index contributed by atoms with van der Waals surface area (Å²) in [7, 11) is 0. The summed E-state index contributed by atoms with van der Waals surface area (Å²) < 4.78 is 8.74. The molecule has 2 bridgehead atoms. The lowest BCUT2D eigenvalue weighted by atomic mass is 9.97. The molecule has 3 rings (SSSR count). The molecule has 2 atom stereocenters. The predicted octanol–water partition coefficient (Wildman–Crippen LogP) is 3.72. The van der Waals surface area contributed by atoms with Gasteiger partial charge < -0.3 is 4.74 Å². The first-order chi connectivity index (χ1) is 9.82. The van der Waals surface area contributed by atoms with Crippen LogP contribution in [-0.4, -0.2) is 32.4 Å². The van der Waals surface area contributed by atoms with E-state index in [4.69, 9.17) is 4.74 Å². The second kappa shape index (κ2) is 5.14. The molecule has 1 aromatic heterocycles. The van der Waals surface area contributed by atoms with E-state index in [1.165, 1.54) is 0 Å². The van der Waals surface area contributed by atoms with E-state index in [-0.39, 0.29) is 17.8 Å². The Morgan fingerprint density at radius 2 is 2.19 bits per heavy atom. The normalized spacial score (nSPS) is 28.8. The van der Waals surface area contributed by atoms with Crippen LogP contribution in [0.3, 0.4) is 0 Å². The van der Waals surface area contributed by atoms with E-state index in [9.17, 15) is 4.79 Å². The standard InChI is InChI=1S/C15H22IN3O2/c1-14(2,3)21-13(20)19-12-5-4-7-15(19,8-6-12)18-10-11(16)9-17-18/h9-10,12H,4-8H2,1-3H3. The van der Waals surface area contributed by atoms with Gasteiger partial charge in [-0.25, -0.2) is 9.48 Å². The van der Waals surface area contributed by atoms with Gasteiger partial charge in [-0.05, 0) is 75.5 Å². The van der Waals surface area contributed by atoms with Crippen LogP contribution in [0.1, 0.15) is 52.9 Å². The first-order valence-corrected chi connectivity index (χ1v) is 8.63. The molecule has 2 fully saturated rings. The van der Waals surface area contributed by atoms with Crippen LogP contribution < -0.4 is 0 Å². The van der Waals surface area contributed by atoms with Gasteiger partial charge in [0.2, 0.25) is 0 Å². The van der Waals surface area contributed by atoms with Gasteiger partial charge in [0.15, 0.2) is 0 Å². The average molecular weight is 403 g/mol. The molecule has 1 aromatic rings. The summed E-state index contributed by atoms with van der Waals surface area (Å²) >= 11 is 2.26. The number of halogens is 1. The van der Waals surface area contributed by atoms with Crippen LogP contribution in [0, 0.1) is 3.57 Å². The number of ether oxygens (including phenoxy) is 1. The predicted molar refractivity (Wildman–Crippen MR) is 87.9 cm³/mol. The SMILES string of the molecule is CC(C)(C)OC(=O)N1C2CCCC1(n1cc(I)cn1)CC2. The Hall–Kier alpha value is -0.790. The number of piperidine rings is 1. The molecule has 0 radical (unpaired) electrons. The van der Waals surface area contributed by atoms with Gasteiger partial charge in [-0.15, -0.1) is 0 Å². The smallest absolute Gasteiger partial charge is 0.412 e. The fourth-order valence-corrected chi connectivity index (χ4v) is 4.01. The highest BCUT2D eigenvalue weighted by atomic mass is 127. The monoisotopic (exact) mass is 403 g/mol. The Balaban J connectivity index is 1.95. The summed E-state index contributed by atoms with van der Waals surface area (Å²) in [6, 6.07) is 0.287. The zero-order chi connectivity index (χ0) is 15.3. The molecule has 2 saturated heterocycles. The Labute approximate surface area is 139 Å². The topological polar surface area (TPSA) is 47.4 Å². The molecule has 5 nitrogen and oxygen atoms in total. The van der Waals surface area contributed by atoms with Gasteiger partial charge in [0.1, 0.15) is 11.3 Å². The molecule has 0 saturated carbocycles. The number of hydrogen-bond donors (Lipinski definition) is 0. The molecule has 116 valence electrons. The van der Waals surface area contributed by atoms with Crippen LogP contribution >= 0.6 is 22.6 Å². The molecule has 3 heterocycles. The number of hydrogen-bond acceptors (Lipinski definition) is 3. The molecule has 6 heteroatoms. The van der Waals surface area contributed by atoms with Crippen molar-refractivity contribution in [2.45, 2.75) is 70.2 Å². The van der Waals surface area contributed by atoms with E-state index in [1.807, 2.05) is 42.7 Å². The zero-order valence-electron chi connectivity index (χ0n) is 12.8. The second-order valence-electron chi connectivity index (χ2n) is 7.02. The number of fused-ring (bicyclic) bond motifs is 2. The number of carbonyl (C=O) groups excluding carboxylic acids is 1. The van der Waals surface area contributed by atoms with Crippen LogP contribution in [0.15, 0.2) is 12.4 Å². The largest absolute Gasteiger partial charge is 0.444 e. The summed E-state index contributed by atoms with van der Waals surface area (Å²) in [6.45, 7) is 5.75. The number of amides is 1. The van der Waals surface area contributed by atoms with Gasteiger partial charge in [-0.3, -0.25) is 4.90 Å². The Kier molecular flexibility index (Phi) is 3.70. The highest BCUT2D eigenvalue weighted by Crippen LogP contribution is 2.47. The van der Waals surface area contributed by atoms with Crippen molar-refractivity contribution in [2.24, 2.45) is 0 Å². The minimum Gasteiger partial charge on any atom is -0.444 e. The molecule has 21 heavy (non-hydrogen) atoms. The van der Waals surface area contributed by atoms with Crippen LogP contribution in [0.2, 0.25) is 0 Å². The van der Waals surface area contributed by atoms with E-state index >= 15 is 0 Å². The van der Waals surface area contributed by atoms with Crippen molar-refractivity contribution in [1.29, 1.82) is 0 Å². The average Bonchev–Trinajstić information content (AvgIpc) is 2.89. The first kappa shape index (κ1) is 15.1. The van der Waals surface area contributed by atoms with Crippen molar-refractivity contribution in [3.05, 3.63) is 16.0 Å². The van der Waals surface area contributed by atoms with Gasteiger partial charge in [-0.1, -0.05) is 0 Å². The van der Waals surface area contributed by atoms with Crippen molar-refractivity contribution >= 4 is 28.7 Å². The molecule has 0 aromatic carbocycles. The molecule has 0 spiro atoms.